The van der Waals surface area contributed by atoms with E-state index in [0.717, 1.165) is 16.3 Å². The van der Waals surface area contributed by atoms with Gasteiger partial charge in [-0.05, 0) is 198 Å². The maximum Gasteiger partial charge on any atom is 0.329 e. The molecule has 5 N–H and O–H groups in total. The van der Waals surface area contributed by atoms with E-state index >= 15 is 0 Å². The van der Waals surface area contributed by atoms with Gasteiger partial charge in [0.2, 0.25) is 17.7 Å². The van der Waals surface area contributed by atoms with Crippen LogP contribution in [0.2, 0.25) is 0 Å². The minimum absolute atomic E-state index is 0.00158. The van der Waals surface area contributed by atoms with Crippen LogP contribution in [-0.4, -0.2) is 223 Å². The zero-order valence-electron chi connectivity index (χ0n) is 62.2. The summed E-state index contributed by atoms with van der Waals surface area (Å²) < 4.78 is 33.8. The molecule has 0 unspecified atom stereocenters. The van der Waals surface area contributed by atoms with Gasteiger partial charge in [-0.15, -0.1) is 0 Å². The molecule has 1 saturated carbocycles. The first-order valence-electron chi connectivity index (χ1n) is 35.0. The Labute approximate surface area is 582 Å². The standard InChI is InChI=1S/C73H119N9O16/c1-68(2,3)93-59(84)33-32-56(66(91)98-73(16,17)18)78-67(92)77-55(65(90)97-72(13,14)15)25-21-22-34-74-64(89)57(44-51-28-29-52-23-19-20-24-54(52)43-51)76-63(88)53-30-26-50(27-31-53)45-75-58(83)46-79-35-37-80(47-60(85)94-69(4,5)6)39-41-82(49-62(87)96-71(10,11)12)42-40-81(38-36-79)48-61(86)95-70(7,8)9/h19-20,23-24,28-29,43,50,53,55-57H,21-22,25-27,30-42,44-49H2,1-18H3,(H,74,89)(H,75,83)(H,76,88)(H2,77,78,92)/t50?,53?,55-,56+,57-/m0/s1. The van der Waals surface area contributed by atoms with E-state index < -0.39 is 93.5 Å². The molecule has 1 heterocycles. The second kappa shape index (κ2) is 38.0. The largest absolute Gasteiger partial charge is 0.460 e. The Morgan fingerprint density at radius 3 is 1.29 bits per heavy atom. The number of nitrogens with zero attached hydrogens (tertiary/aromatic N) is 4. The van der Waals surface area contributed by atoms with Crippen molar-refractivity contribution in [2.75, 3.05) is 91.6 Å². The van der Waals surface area contributed by atoms with Crippen LogP contribution in [0.4, 0.5) is 4.79 Å². The smallest absolute Gasteiger partial charge is 0.329 e. The summed E-state index contributed by atoms with van der Waals surface area (Å²) in [5.74, 6) is -4.35. The van der Waals surface area contributed by atoms with Crippen LogP contribution >= 0.6 is 0 Å². The SMILES string of the molecule is CC(C)(C)OC(=O)CC[C@@H](NC(=O)N[C@@H](CCCCNC(=O)[C@H](Cc1ccc2ccccc2c1)NC(=O)C1CCC(CNC(=O)CN2CCN(CC(=O)OC(C)(C)C)CCN(CC(=O)OC(C)(C)C)CCN(CC(=O)OC(C)(C)C)CC2)CC1)C(=O)OC(C)(C)C)C(=O)OC(C)(C)C. The summed E-state index contributed by atoms with van der Waals surface area (Å²) >= 11 is 0. The summed E-state index contributed by atoms with van der Waals surface area (Å²) in [6.07, 6.45) is 3.10. The lowest BCUT2D eigenvalue weighted by atomic mass is 9.81. The van der Waals surface area contributed by atoms with E-state index in [4.69, 9.17) is 28.4 Å². The van der Waals surface area contributed by atoms with Crippen LogP contribution < -0.4 is 26.6 Å². The highest BCUT2D eigenvalue weighted by Crippen LogP contribution is 2.29. The van der Waals surface area contributed by atoms with Crippen molar-refractivity contribution in [1.29, 1.82) is 0 Å². The second-order valence-corrected chi connectivity index (χ2v) is 32.0. The number of hydrogen-bond donors (Lipinski definition) is 5. The third-order valence-electron chi connectivity index (χ3n) is 15.6. The maximum atomic E-state index is 14.2. The number of unbranched alkanes of at least 4 members (excludes halogenated alkanes) is 1. The molecule has 2 aliphatic rings. The topological polar surface area (TPSA) is 299 Å². The predicted octanol–water partition coefficient (Wildman–Crippen LogP) is 7.16. The van der Waals surface area contributed by atoms with Crippen molar-refractivity contribution in [2.24, 2.45) is 11.8 Å². The van der Waals surface area contributed by atoms with Crippen molar-refractivity contribution in [3.63, 3.8) is 0 Å². The van der Waals surface area contributed by atoms with Crippen LogP contribution in [0.15, 0.2) is 42.5 Å². The van der Waals surface area contributed by atoms with Crippen LogP contribution in [0.3, 0.4) is 0 Å². The van der Waals surface area contributed by atoms with Gasteiger partial charge in [0.25, 0.3) is 0 Å². The average molecular weight is 1380 g/mol. The van der Waals surface area contributed by atoms with E-state index in [1.807, 2.05) is 124 Å². The molecule has 0 spiro atoms. The van der Waals surface area contributed by atoms with Crippen LogP contribution in [0, 0.1) is 11.8 Å². The lowest BCUT2D eigenvalue weighted by Gasteiger charge is -2.34. The Balaban J connectivity index is 1.41. The van der Waals surface area contributed by atoms with Gasteiger partial charge in [-0.2, -0.15) is 0 Å². The molecule has 4 rings (SSSR count). The van der Waals surface area contributed by atoms with Crippen molar-refractivity contribution in [2.45, 2.75) is 241 Å². The predicted molar refractivity (Wildman–Crippen MR) is 374 cm³/mol. The highest BCUT2D eigenvalue weighted by Gasteiger charge is 2.34. The van der Waals surface area contributed by atoms with Gasteiger partial charge >= 0.3 is 41.8 Å². The van der Waals surface area contributed by atoms with Crippen molar-refractivity contribution >= 4 is 70.3 Å². The van der Waals surface area contributed by atoms with Crippen molar-refractivity contribution in [1.82, 2.24) is 46.2 Å². The molecule has 1 saturated heterocycles. The Bertz CT molecular complexity index is 2920. The Morgan fingerprint density at radius 2 is 0.847 bits per heavy atom. The molecule has 0 bridgehead atoms. The summed E-state index contributed by atoms with van der Waals surface area (Å²) in [4.78, 5) is 143. The van der Waals surface area contributed by atoms with E-state index in [1.165, 1.54) is 0 Å². The van der Waals surface area contributed by atoms with Crippen LogP contribution in [-0.2, 0) is 78.0 Å². The number of rotatable bonds is 27. The summed E-state index contributed by atoms with van der Waals surface area (Å²) in [5.41, 5.74) is -3.82. The highest BCUT2D eigenvalue weighted by molar-refractivity contribution is 5.90. The van der Waals surface area contributed by atoms with Crippen LogP contribution in [0.25, 0.3) is 10.8 Å². The number of amides is 5. The maximum absolute atomic E-state index is 14.2. The van der Waals surface area contributed by atoms with E-state index in [9.17, 15) is 47.9 Å². The lowest BCUT2D eigenvalue weighted by Crippen LogP contribution is -2.53. The average Bonchev–Trinajstić information content (AvgIpc) is 0.835. The molecule has 25 nitrogen and oxygen atoms in total. The van der Waals surface area contributed by atoms with Gasteiger partial charge in [-0.1, -0.05) is 42.5 Å². The number of fused-ring (bicyclic) bond motifs is 1. The van der Waals surface area contributed by atoms with E-state index in [1.54, 1.807) is 62.3 Å². The van der Waals surface area contributed by atoms with Gasteiger partial charge in [0.15, 0.2) is 0 Å². The first-order chi connectivity index (χ1) is 45.3. The molecule has 98 heavy (non-hydrogen) atoms. The zero-order chi connectivity index (χ0) is 73.4. The number of carbonyl (C=O) groups excluding carboxylic acids is 10. The number of nitrogens with one attached hydrogen (secondary N) is 5. The fraction of sp³-hybridized carbons (Fsp3) is 0.726. The first kappa shape index (κ1) is 83.5. The molecule has 2 aromatic rings. The summed E-state index contributed by atoms with van der Waals surface area (Å²) in [7, 11) is 0. The first-order valence-corrected chi connectivity index (χ1v) is 35.0. The minimum atomic E-state index is -1.26. The Hall–Kier alpha value is -6.96. The van der Waals surface area contributed by atoms with Gasteiger partial charge in [0.1, 0.15) is 51.7 Å². The highest BCUT2D eigenvalue weighted by atomic mass is 16.6. The van der Waals surface area contributed by atoms with Gasteiger partial charge in [0, 0.05) is 84.2 Å². The Morgan fingerprint density at radius 1 is 0.439 bits per heavy atom. The van der Waals surface area contributed by atoms with Crippen molar-refractivity contribution < 1.29 is 76.4 Å². The van der Waals surface area contributed by atoms with Crippen molar-refractivity contribution in [3.8, 4) is 0 Å². The normalized spacial score (nSPS) is 18.0. The fourth-order valence-electron chi connectivity index (χ4n) is 11.2. The second-order valence-electron chi connectivity index (χ2n) is 32.0. The molecular formula is C73H119N9O16. The van der Waals surface area contributed by atoms with E-state index in [0.29, 0.717) is 97.4 Å². The van der Waals surface area contributed by atoms with Gasteiger partial charge in [-0.25, -0.2) is 14.4 Å². The molecular weight excluding hydrogens is 1260 g/mol. The quantitative estimate of drug-likeness (QED) is 0.0336. The molecule has 1 aliphatic heterocycles. The number of benzene rings is 2. The lowest BCUT2D eigenvalue weighted by molar-refractivity contribution is -0.159. The number of esters is 6. The molecule has 1 aliphatic carbocycles. The molecule has 25 heteroatoms. The molecule has 552 valence electrons. The van der Waals surface area contributed by atoms with Gasteiger partial charge in [0.05, 0.1) is 26.2 Å². The summed E-state index contributed by atoms with van der Waals surface area (Å²) in [6, 6.07) is 9.59. The number of urea groups is 1. The van der Waals surface area contributed by atoms with E-state index in [-0.39, 0.29) is 88.0 Å². The molecule has 0 radical (unpaired) electrons. The molecule has 0 aromatic heterocycles. The molecule has 3 atom stereocenters. The van der Waals surface area contributed by atoms with Crippen molar-refractivity contribution in [3.05, 3.63) is 48.0 Å². The molecule has 2 aromatic carbocycles. The monoisotopic (exact) mass is 1380 g/mol. The number of ether oxygens (including phenoxy) is 6. The third-order valence-corrected chi connectivity index (χ3v) is 15.6. The van der Waals surface area contributed by atoms with E-state index in [2.05, 4.69) is 26.6 Å². The number of carbonyl (C=O) groups is 10. The zero-order valence-corrected chi connectivity index (χ0v) is 62.2. The summed E-state index contributed by atoms with van der Waals surface area (Å²) in [6.45, 7) is 35.5. The van der Waals surface area contributed by atoms with Crippen LogP contribution in [0.1, 0.15) is 188 Å². The van der Waals surface area contributed by atoms with Gasteiger partial charge in [-0.3, -0.25) is 53.2 Å². The molecule has 5 amide bonds. The van der Waals surface area contributed by atoms with Crippen LogP contribution in [0.5, 0.6) is 0 Å². The minimum Gasteiger partial charge on any atom is -0.460 e. The van der Waals surface area contributed by atoms with Gasteiger partial charge < -0.3 is 55.0 Å². The Kier molecular flexibility index (Phi) is 32.4. The third kappa shape index (κ3) is 35.7. The fourth-order valence-corrected chi connectivity index (χ4v) is 11.2. The molecule has 2 fully saturated rings. The number of hydrogen-bond acceptors (Lipinski definition) is 20. The summed E-state index contributed by atoms with van der Waals surface area (Å²) in [5, 5.41) is 16.5.